The Bertz CT molecular complexity index is 714. The summed E-state index contributed by atoms with van der Waals surface area (Å²) >= 11 is 5.19. The Morgan fingerprint density at radius 3 is 3.00 bits per heavy atom. The van der Waals surface area contributed by atoms with Gasteiger partial charge < -0.3 is 10.3 Å². The van der Waals surface area contributed by atoms with Crippen LogP contribution in [0, 0.1) is 6.92 Å². The summed E-state index contributed by atoms with van der Waals surface area (Å²) in [5.41, 5.74) is 9.27. The lowest BCUT2D eigenvalue weighted by atomic mass is 10.2. The number of fused-ring (bicyclic) bond motifs is 1. The fourth-order valence-electron chi connectivity index (χ4n) is 2.06. The second-order valence-corrected chi connectivity index (χ2v) is 6.14. The minimum absolute atomic E-state index is 0.573. The summed E-state index contributed by atoms with van der Waals surface area (Å²) in [6, 6.07) is 8.28. The van der Waals surface area contributed by atoms with Crippen LogP contribution in [0.15, 0.2) is 34.1 Å². The van der Waals surface area contributed by atoms with E-state index in [-0.39, 0.29) is 0 Å². The first-order valence-corrected chi connectivity index (χ1v) is 7.26. The topological polar surface area (TPSA) is 43.8 Å². The van der Waals surface area contributed by atoms with Crippen LogP contribution in [0.25, 0.3) is 11.0 Å². The number of imidazole rings is 1. The molecule has 1 aromatic carbocycles. The van der Waals surface area contributed by atoms with Gasteiger partial charge in [0.05, 0.1) is 17.6 Å². The minimum atomic E-state index is 0.573. The first-order valence-electron chi connectivity index (χ1n) is 5.59. The molecular weight excluding hydrogens is 310 g/mol. The number of nitrogen functional groups attached to an aromatic ring is 1. The summed E-state index contributed by atoms with van der Waals surface area (Å²) < 4.78 is 3.17. The summed E-state index contributed by atoms with van der Waals surface area (Å²) in [6.45, 7) is 2.82. The molecule has 0 bridgehead atoms. The predicted molar refractivity (Wildman–Crippen MR) is 80.0 cm³/mol. The van der Waals surface area contributed by atoms with Crippen LogP contribution in [0.4, 0.5) is 5.95 Å². The van der Waals surface area contributed by atoms with Gasteiger partial charge >= 0.3 is 0 Å². The Balaban J connectivity index is 2.11. The first-order chi connectivity index (χ1) is 8.65. The molecule has 92 valence electrons. The maximum absolute atomic E-state index is 6.02. The SMILES string of the molecule is Cc1cccc2c1nc(N)n2Cc1cc(Br)cs1. The van der Waals surface area contributed by atoms with Gasteiger partial charge in [-0.2, -0.15) is 0 Å². The third kappa shape index (κ3) is 1.93. The second-order valence-electron chi connectivity index (χ2n) is 4.23. The lowest BCUT2D eigenvalue weighted by Crippen LogP contribution is -2.03. The quantitative estimate of drug-likeness (QED) is 0.780. The van der Waals surface area contributed by atoms with Crippen molar-refractivity contribution in [3.8, 4) is 0 Å². The molecule has 2 heterocycles. The van der Waals surface area contributed by atoms with Crippen LogP contribution in [0.3, 0.4) is 0 Å². The number of hydrogen-bond donors (Lipinski definition) is 1. The van der Waals surface area contributed by atoms with Crippen molar-refractivity contribution in [3.05, 3.63) is 44.6 Å². The predicted octanol–water partition coefficient (Wildman–Crippen LogP) is 3.80. The molecule has 0 fully saturated rings. The number of nitrogens with two attached hydrogens (primary N) is 1. The van der Waals surface area contributed by atoms with Gasteiger partial charge in [0, 0.05) is 14.7 Å². The smallest absolute Gasteiger partial charge is 0.201 e. The van der Waals surface area contributed by atoms with Crippen LogP contribution in [-0.2, 0) is 6.54 Å². The molecule has 0 atom stereocenters. The molecule has 0 radical (unpaired) electrons. The van der Waals surface area contributed by atoms with Crippen molar-refractivity contribution in [2.75, 3.05) is 5.73 Å². The molecule has 0 unspecified atom stereocenters. The van der Waals surface area contributed by atoms with E-state index < -0.39 is 0 Å². The second kappa shape index (κ2) is 4.40. The van der Waals surface area contributed by atoms with Crippen LogP contribution in [0.2, 0.25) is 0 Å². The van der Waals surface area contributed by atoms with Gasteiger partial charge in [0.1, 0.15) is 0 Å². The first kappa shape index (κ1) is 11.7. The number of halogens is 1. The standard InChI is InChI=1S/C13H12BrN3S/c1-8-3-2-4-11-12(8)16-13(15)17(11)6-10-5-9(14)7-18-10/h2-5,7H,6H2,1H3,(H2,15,16). The average molecular weight is 322 g/mol. The number of anilines is 1. The Hall–Kier alpha value is -1.33. The van der Waals surface area contributed by atoms with Gasteiger partial charge in [-0.1, -0.05) is 12.1 Å². The monoisotopic (exact) mass is 321 g/mol. The third-order valence-electron chi connectivity index (χ3n) is 2.95. The van der Waals surface area contributed by atoms with Gasteiger partial charge in [-0.3, -0.25) is 0 Å². The molecule has 0 aliphatic rings. The van der Waals surface area contributed by atoms with Crippen molar-refractivity contribution in [2.45, 2.75) is 13.5 Å². The summed E-state index contributed by atoms with van der Waals surface area (Å²) in [5, 5.41) is 2.08. The van der Waals surface area contributed by atoms with Gasteiger partial charge in [0.2, 0.25) is 5.95 Å². The van der Waals surface area contributed by atoms with Gasteiger partial charge in [-0.25, -0.2) is 4.98 Å². The van der Waals surface area contributed by atoms with Gasteiger partial charge in [0.25, 0.3) is 0 Å². The number of benzene rings is 1. The van der Waals surface area contributed by atoms with Crippen molar-refractivity contribution >= 4 is 44.2 Å². The van der Waals surface area contributed by atoms with Crippen molar-refractivity contribution in [1.82, 2.24) is 9.55 Å². The van der Waals surface area contributed by atoms with Crippen LogP contribution in [-0.4, -0.2) is 9.55 Å². The number of aromatic nitrogens is 2. The Morgan fingerprint density at radius 2 is 2.28 bits per heavy atom. The molecule has 2 aromatic heterocycles. The number of nitrogens with zero attached hydrogens (tertiary/aromatic N) is 2. The van der Waals surface area contributed by atoms with Crippen molar-refractivity contribution in [1.29, 1.82) is 0 Å². The van der Waals surface area contributed by atoms with E-state index in [9.17, 15) is 0 Å². The molecule has 0 amide bonds. The highest BCUT2D eigenvalue weighted by Crippen LogP contribution is 2.25. The zero-order valence-corrected chi connectivity index (χ0v) is 12.3. The molecule has 0 aliphatic carbocycles. The molecular formula is C13H12BrN3S. The Labute approximate surface area is 117 Å². The Morgan fingerprint density at radius 1 is 1.44 bits per heavy atom. The van der Waals surface area contributed by atoms with Gasteiger partial charge in [-0.15, -0.1) is 11.3 Å². The molecule has 3 rings (SSSR count). The number of aryl methyl sites for hydroxylation is 1. The van der Waals surface area contributed by atoms with E-state index in [1.165, 1.54) is 4.88 Å². The molecule has 0 aliphatic heterocycles. The van der Waals surface area contributed by atoms with E-state index >= 15 is 0 Å². The van der Waals surface area contributed by atoms with Crippen LogP contribution < -0.4 is 5.73 Å². The zero-order valence-electron chi connectivity index (χ0n) is 9.85. The van der Waals surface area contributed by atoms with E-state index in [1.54, 1.807) is 11.3 Å². The van der Waals surface area contributed by atoms with Gasteiger partial charge in [-0.05, 0) is 40.5 Å². The molecule has 5 heteroatoms. The molecule has 0 spiro atoms. The maximum atomic E-state index is 6.02. The molecule has 0 saturated carbocycles. The van der Waals surface area contributed by atoms with E-state index in [4.69, 9.17) is 5.73 Å². The van der Waals surface area contributed by atoms with E-state index in [1.807, 2.05) is 6.07 Å². The Kier molecular flexibility index (Phi) is 2.87. The van der Waals surface area contributed by atoms with E-state index in [0.717, 1.165) is 27.6 Å². The average Bonchev–Trinajstić information content (AvgIpc) is 2.87. The highest BCUT2D eigenvalue weighted by molar-refractivity contribution is 9.10. The summed E-state index contributed by atoms with van der Waals surface area (Å²) in [6.07, 6.45) is 0. The highest BCUT2D eigenvalue weighted by Gasteiger charge is 2.10. The molecule has 2 N–H and O–H groups in total. The fourth-order valence-corrected chi connectivity index (χ4v) is 3.50. The normalized spacial score (nSPS) is 11.2. The molecule has 3 aromatic rings. The lowest BCUT2D eigenvalue weighted by molar-refractivity contribution is 0.852. The number of rotatable bonds is 2. The highest BCUT2D eigenvalue weighted by atomic mass is 79.9. The summed E-state index contributed by atoms with van der Waals surface area (Å²) in [7, 11) is 0. The van der Waals surface area contributed by atoms with E-state index in [0.29, 0.717) is 5.95 Å². The van der Waals surface area contributed by atoms with Crippen molar-refractivity contribution < 1.29 is 0 Å². The summed E-state index contributed by atoms with van der Waals surface area (Å²) in [5.74, 6) is 0.573. The van der Waals surface area contributed by atoms with Crippen molar-refractivity contribution in [3.63, 3.8) is 0 Å². The largest absolute Gasteiger partial charge is 0.369 e. The number of thiophene rings is 1. The lowest BCUT2D eigenvalue weighted by Gasteiger charge is -2.04. The molecule has 18 heavy (non-hydrogen) atoms. The maximum Gasteiger partial charge on any atom is 0.201 e. The third-order valence-corrected chi connectivity index (χ3v) is 4.63. The molecule has 3 nitrogen and oxygen atoms in total. The van der Waals surface area contributed by atoms with Crippen LogP contribution >= 0.6 is 27.3 Å². The number of para-hydroxylation sites is 1. The molecule has 0 saturated heterocycles. The van der Waals surface area contributed by atoms with Crippen LogP contribution in [0.1, 0.15) is 10.4 Å². The van der Waals surface area contributed by atoms with Crippen LogP contribution in [0.5, 0.6) is 0 Å². The van der Waals surface area contributed by atoms with Gasteiger partial charge in [0.15, 0.2) is 0 Å². The fraction of sp³-hybridized carbons (Fsp3) is 0.154. The summed E-state index contributed by atoms with van der Waals surface area (Å²) in [4.78, 5) is 5.71. The number of hydrogen-bond acceptors (Lipinski definition) is 3. The minimum Gasteiger partial charge on any atom is -0.369 e. The van der Waals surface area contributed by atoms with Crippen molar-refractivity contribution in [2.24, 2.45) is 0 Å². The van der Waals surface area contributed by atoms with E-state index in [2.05, 4.69) is 56.0 Å². The zero-order chi connectivity index (χ0) is 12.7.